The minimum Gasteiger partial charge on any atom is -0.385 e. The van der Waals surface area contributed by atoms with Crippen LogP contribution >= 0.6 is 0 Å². The SMILES string of the molecule is CCNc1ccnc(C(=O)N2CCc3ccccc3C2)c1. The Morgan fingerprint density at radius 3 is 2.90 bits per heavy atom. The second kappa shape index (κ2) is 5.95. The summed E-state index contributed by atoms with van der Waals surface area (Å²) in [5.74, 6) is 0.00394. The third kappa shape index (κ3) is 2.89. The van der Waals surface area contributed by atoms with Gasteiger partial charge in [-0.1, -0.05) is 24.3 Å². The van der Waals surface area contributed by atoms with Gasteiger partial charge in [0.1, 0.15) is 5.69 Å². The number of benzene rings is 1. The van der Waals surface area contributed by atoms with E-state index in [1.807, 2.05) is 30.0 Å². The number of hydrogen-bond donors (Lipinski definition) is 1. The van der Waals surface area contributed by atoms with E-state index in [-0.39, 0.29) is 5.91 Å². The maximum atomic E-state index is 12.6. The predicted octanol–water partition coefficient (Wildman–Crippen LogP) is 2.71. The van der Waals surface area contributed by atoms with Crippen molar-refractivity contribution < 1.29 is 4.79 Å². The lowest BCUT2D eigenvalue weighted by molar-refractivity contribution is 0.0729. The van der Waals surface area contributed by atoms with Crippen LogP contribution in [-0.4, -0.2) is 28.9 Å². The first-order valence-electron chi connectivity index (χ1n) is 7.34. The standard InChI is InChI=1S/C17H19N3O/c1-2-18-15-7-9-19-16(11-15)17(21)20-10-8-13-5-3-4-6-14(13)12-20/h3-7,9,11H,2,8,10,12H2,1H3,(H,18,19). The highest BCUT2D eigenvalue weighted by Gasteiger charge is 2.22. The summed E-state index contributed by atoms with van der Waals surface area (Å²) < 4.78 is 0. The topological polar surface area (TPSA) is 45.2 Å². The van der Waals surface area contributed by atoms with Crippen LogP contribution in [0.3, 0.4) is 0 Å². The molecule has 0 aliphatic carbocycles. The van der Waals surface area contributed by atoms with Crippen LogP contribution < -0.4 is 5.32 Å². The summed E-state index contributed by atoms with van der Waals surface area (Å²) in [6.45, 7) is 4.28. The lowest BCUT2D eigenvalue weighted by Gasteiger charge is -2.28. The van der Waals surface area contributed by atoms with Crippen molar-refractivity contribution in [3.05, 3.63) is 59.4 Å². The van der Waals surface area contributed by atoms with E-state index in [1.54, 1.807) is 6.20 Å². The first-order valence-corrected chi connectivity index (χ1v) is 7.34. The predicted molar refractivity (Wildman–Crippen MR) is 83.3 cm³/mol. The average Bonchev–Trinajstić information content (AvgIpc) is 2.54. The highest BCUT2D eigenvalue weighted by atomic mass is 16.2. The molecule has 1 aliphatic rings. The first kappa shape index (κ1) is 13.6. The first-order chi connectivity index (χ1) is 10.3. The van der Waals surface area contributed by atoms with Gasteiger partial charge in [-0.3, -0.25) is 9.78 Å². The molecular formula is C17H19N3O. The molecular weight excluding hydrogens is 262 g/mol. The van der Waals surface area contributed by atoms with Crippen LogP contribution in [0.15, 0.2) is 42.6 Å². The Morgan fingerprint density at radius 1 is 1.29 bits per heavy atom. The van der Waals surface area contributed by atoms with Gasteiger partial charge in [-0.25, -0.2) is 0 Å². The van der Waals surface area contributed by atoms with E-state index in [9.17, 15) is 4.79 Å². The molecule has 21 heavy (non-hydrogen) atoms. The van der Waals surface area contributed by atoms with E-state index in [1.165, 1.54) is 11.1 Å². The highest BCUT2D eigenvalue weighted by molar-refractivity contribution is 5.93. The molecule has 1 amide bonds. The van der Waals surface area contributed by atoms with E-state index < -0.39 is 0 Å². The Hall–Kier alpha value is -2.36. The number of aromatic nitrogens is 1. The third-order valence-electron chi connectivity index (χ3n) is 3.78. The van der Waals surface area contributed by atoms with Crippen molar-refractivity contribution in [2.75, 3.05) is 18.4 Å². The number of nitrogens with zero attached hydrogens (tertiary/aromatic N) is 2. The number of carbonyl (C=O) groups excluding carboxylic acids is 1. The number of carbonyl (C=O) groups is 1. The zero-order valence-corrected chi connectivity index (χ0v) is 12.2. The van der Waals surface area contributed by atoms with Crippen LogP contribution in [0.5, 0.6) is 0 Å². The van der Waals surface area contributed by atoms with Crippen molar-refractivity contribution in [1.29, 1.82) is 0 Å². The highest BCUT2D eigenvalue weighted by Crippen LogP contribution is 2.20. The van der Waals surface area contributed by atoms with Gasteiger partial charge in [0.2, 0.25) is 0 Å². The van der Waals surface area contributed by atoms with Gasteiger partial charge in [-0.2, -0.15) is 0 Å². The molecule has 0 unspecified atom stereocenters. The van der Waals surface area contributed by atoms with E-state index in [2.05, 4.69) is 28.5 Å². The Bertz CT molecular complexity index is 654. The minimum atomic E-state index is 0.00394. The summed E-state index contributed by atoms with van der Waals surface area (Å²) in [5, 5.41) is 3.21. The van der Waals surface area contributed by atoms with E-state index in [0.29, 0.717) is 12.2 Å². The molecule has 3 rings (SSSR count). The average molecular weight is 281 g/mol. The van der Waals surface area contributed by atoms with E-state index >= 15 is 0 Å². The Balaban J connectivity index is 1.79. The molecule has 0 atom stereocenters. The van der Waals surface area contributed by atoms with Gasteiger partial charge < -0.3 is 10.2 Å². The molecule has 4 nitrogen and oxygen atoms in total. The summed E-state index contributed by atoms with van der Waals surface area (Å²) >= 11 is 0. The summed E-state index contributed by atoms with van der Waals surface area (Å²) in [6.07, 6.45) is 2.60. The number of rotatable bonds is 3. The zero-order chi connectivity index (χ0) is 14.7. The molecule has 1 N–H and O–H groups in total. The van der Waals surface area contributed by atoms with Crippen LogP contribution in [-0.2, 0) is 13.0 Å². The number of fused-ring (bicyclic) bond motifs is 1. The fourth-order valence-electron chi connectivity index (χ4n) is 2.69. The van der Waals surface area contributed by atoms with Crippen molar-refractivity contribution in [3.8, 4) is 0 Å². The fraction of sp³-hybridized carbons (Fsp3) is 0.294. The second-order valence-corrected chi connectivity index (χ2v) is 5.21. The van der Waals surface area contributed by atoms with Crippen LogP contribution in [0.25, 0.3) is 0 Å². The van der Waals surface area contributed by atoms with Crippen LogP contribution in [0.2, 0.25) is 0 Å². The number of pyridine rings is 1. The summed E-state index contributed by atoms with van der Waals surface area (Å²) in [6, 6.07) is 12.0. The van der Waals surface area contributed by atoms with Gasteiger partial charge >= 0.3 is 0 Å². The largest absolute Gasteiger partial charge is 0.385 e. The maximum Gasteiger partial charge on any atom is 0.272 e. The number of nitrogens with one attached hydrogen (secondary N) is 1. The maximum absolute atomic E-state index is 12.6. The number of hydrogen-bond acceptors (Lipinski definition) is 3. The van der Waals surface area contributed by atoms with Gasteiger partial charge in [0.05, 0.1) is 0 Å². The molecule has 2 heterocycles. The quantitative estimate of drug-likeness (QED) is 0.941. The zero-order valence-electron chi connectivity index (χ0n) is 12.2. The molecule has 0 fully saturated rings. The number of amides is 1. The van der Waals surface area contributed by atoms with Crippen molar-refractivity contribution in [2.45, 2.75) is 19.9 Å². The number of anilines is 1. The Labute approximate surface area is 124 Å². The lowest BCUT2D eigenvalue weighted by Crippen LogP contribution is -2.36. The van der Waals surface area contributed by atoms with Crippen molar-refractivity contribution in [2.24, 2.45) is 0 Å². The van der Waals surface area contributed by atoms with Gasteiger partial charge in [-0.15, -0.1) is 0 Å². The Morgan fingerprint density at radius 2 is 2.10 bits per heavy atom. The molecule has 2 aromatic rings. The van der Waals surface area contributed by atoms with Crippen LogP contribution in [0.1, 0.15) is 28.5 Å². The third-order valence-corrected chi connectivity index (χ3v) is 3.78. The molecule has 1 aliphatic heterocycles. The second-order valence-electron chi connectivity index (χ2n) is 5.21. The normalized spacial score (nSPS) is 13.7. The van der Waals surface area contributed by atoms with Gasteiger partial charge in [0.25, 0.3) is 5.91 Å². The van der Waals surface area contributed by atoms with Crippen molar-refractivity contribution in [1.82, 2.24) is 9.88 Å². The van der Waals surface area contributed by atoms with Crippen LogP contribution in [0, 0.1) is 0 Å². The van der Waals surface area contributed by atoms with Crippen molar-refractivity contribution in [3.63, 3.8) is 0 Å². The molecule has 0 spiro atoms. The molecule has 0 saturated carbocycles. The van der Waals surface area contributed by atoms with Gasteiger partial charge in [-0.05, 0) is 36.6 Å². The molecule has 108 valence electrons. The molecule has 4 heteroatoms. The van der Waals surface area contributed by atoms with E-state index in [0.717, 1.165) is 25.2 Å². The smallest absolute Gasteiger partial charge is 0.272 e. The fourth-order valence-corrected chi connectivity index (χ4v) is 2.69. The molecule has 1 aromatic carbocycles. The molecule has 0 bridgehead atoms. The van der Waals surface area contributed by atoms with E-state index in [4.69, 9.17) is 0 Å². The summed E-state index contributed by atoms with van der Waals surface area (Å²) in [5.41, 5.74) is 4.02. The lowest BCUT2D eigenvalue weighted by atomic mass is 10.00. The minimum absolute atomic E-state index is 0.00394. The van der Waals surface area contributed by atoms with Gasteiger partial charge in [0.15, 0.2) is 0 Å². The van der Waals surface area contributed by atoms with Crippen molar-refractivity contribution >= 4 is 11.6 Å². The van der Waals surface area contributed by atoms with Gasteiger partial charge in [0, 0.05) is 31.5 Å². The monoisotopic (exact) mass is 281 g/mol. The molecule has 0 radical (unpaired) electrons. The molecule has 0 saturated heterocycles. The summed E-state index contributed by atoms with van der Waals surface area (Å²) in [7, 11) is 0. The molecule has 1 aromatic heterocycles. The van der Waals surface area contributed by atoms with Crippen LogP contribution in [0.4, 0.5) is 5.69 Å². The summed E-state index contributed by atoms with van der Waals surface area (Å²) in [4.78, 5) is 18.7. The Kier molecular flexibility index (Phi) is 3.86.